The fraction of sp³-hybridized carbons (Fsp3) is 0.800. The van der Waals surface area contributed by atoms with E-state index in [0.717, 1.165) is 23.7 Å². The zero-order valence-electron chi connectivity index (χ0n) is 13.9. The van der Waals surface area contributed by atoms with Gasteiger partial charge in [-0.25, -0.2) is 0 Å². The van der Waals surface area contributed by atoms with Crippen molar-refractivity contribution < 1.29 is 0 Å². The molecule has 0 heteroatoms. The molecule has 20 heavy (non-hydrogen) atoms. The molecule has 2 fully saturated rings. The Labute approximate surface area is 127 Å². The maximum absolute atomic E-state index is 3.79. The van der Waals surface area contributed by atoms with Gasteiger partial charge in [-0.15, -0.1) is 13.2 Å². The lowest BCUT2D eigenvalue weighted by Gasteiger charge is -2.27. The van der Waals surface area contributed by atoms with Crippen molar-refractivity contribution in [3.63, 3.8) is 0 Å². The van der Waals surface area contributed by atoms with Crippen molar-refractivity contribution >= 4 is 0 Å². The van der Waals surface area contributed by atoms with Crippen LogP contribution in [0.3, 0.4) is 0 Å². The molecule has 0 nitrogen and oxygen atoms in total. The van der Waals surface area contributed by atoms with Gasteiger partial charge in [0.15, 0.2) is 0 Å². The smallest absolute Gasteiger partial charge is 0.0322 e. The van der Waals surface area contributed by atoms with Gasteiger partial charge in [-0.05, 0) is 49.4 Å². The van der Waals surface area contributed by atoms with Crippen molar-refractivity contribution in [2.24, 2.45) is 23.7 Å². The fourth-order valence-electron chi connectivity index (χ4n) is 3.91. The molecule has 2 aliphatic carbocycles. The van der Waals surface area contributed by atoms with Crippen molar-refractivity contribution in [2.45, 2.75) is 78.1 Å². The van der Waals surface area contributed by atoms with Crippen LogP contribution in [0.4, 0.5) is 0 Å². The van der Waals surface area contributed by atoms with Crippen LogP contribution in [0.15, 0.2) is 25.3 Å². The maximum atomic E-state index is 3.79. The van der Waals surface area contributed by atoms with Crippen molar-refractivity contribution in [1.29, 1.82) is 0 Å². The summed E-state index contributed by atoms with van der Waals surface area (Å²) in [7, 11) is 0. The van der Waals surface area contributed by atoms with Crippen molar-refractivity contribution in [2.75, 3.05) is 0 Å². The summed E-state index contributed by atoms with van der Waals surface area (Å²) in [5, 5.41) is 0. The monoisotopic (exact) mass is 276 g/mol. The van der Waals surface area contributed by atoms with E-state index in [2.05, 4.69) is 39.2 Å². The van der Waals surface area contributed by atoms with E-state index < -0.39 is 0 Å². The summed E-state index contributed by atoms with van der Waals surface area (Å²) in [4.78, 5) is 0. The molecular formula is C20H36. The largest absolute Gasteiger partial charge is 0.103 e. The third kappa shape index (κ3) is 6.29. The van der Waals surface area contributed by atoms with Crippen molar-refractivity contribution in [1.82, 2.24) is 0 Å². The minimum absolute atomic E-state index is 0.950. The first-order valence-corrected chi connectivity index (χ1v) is 8.90. The normalized spacial score (nSPS) is 33.7. The third-order valence-electron chi connectivity index (χ3n) is 5.52. The Morgan fingerprint density at radius 2 is 1.05 bits per heavy atom. The quantitative estimate of drug-likeness (QED) is 0.496. The van der Waals surface area contributed by atoms with Crippen molar-refractivity contribution in [3.05, 3.63) is 25.3 Å². The van der Waals surface area contributed by atoms with Crippen LogP contribution in [0, 0.1) is 23.7 Å². The molecule has 2 saturated carbocycles. The van der Waals surface area contributed by atoms with E-state index in [-0.39, 0.29) is 0 Å². The minimum atomic E-state index is 0.950. The first-order chi connectivity index (χ1) is 9.69. The lowest BCUT2D eigenvalue weighted by atomic mass is 9.79. The van der Waals surface area contributed by atoms with E-state index >= 15 is 0 Å². The molecule has 0 aromatic rings. The topological polar surface area (TPSA) is 0 Å². The predicted molar refractivity (Wildman–Crippen MR) is 91.9 cm³/mol. The van der Waals surface area contributed by atoms with Crippen LogP contribution in [-0.4, -0.2) is 0 Å². The standard InChI is InChI=1S/2C10H18/c2*1-3-6-10-8-5-4-7-9(10)2/h2*3,9-10H,1,4-8H2,2H3/t2*9-,10+/m10/s1. The van der Waals surface area contributed by atoms with E-state index in [9.17, 15) is 0 Å². The van der Waals surface area contributed by atoms with Crippen LogP contribution in [0.25, 0.3) is 0 Å². The molecule has 0 unspecified atom stereocenters. The van der Waals surface area contributed by atoms with Crippen LogP contribution < -0.4 is 0 Å². The summed E-state index contributed by atoms with van der Waals surface area (Å²) in [5.74, 6) is 3.80. The molecule has 0 amide bonds. The number of hydrogen-bond donors (Lipinski definition) is 0. The maximum Gasteiger partial charge on any atom is -0.0322 e. The number of rotatable bonds is 4. The number of allylic oxidation sites excluding steroid dienone is 2. The molecule has 4 atom stereocenters. The van der Waals surface area contributed by atoms with Gasteiger partial charge in [0.2, 0.25) is 0 Å². The molecule has 0 N–H and O–H groups in total. The van der Waals surface area contributed by atoms with Gasteiger partial charge >= 0.3 is 0 Å². The molecule has 0 spiro atoms. The summed E-state index contributed by atoms with van der Waals surface area (Å²) < 4.78 is 0. The predicted octanol–water partition coefficient (Wildman–Crippen LogP) is 6.78. The minimum Gasteiger partial charge on any atom is -0.103 e. The van der Waals surface area contributed by atoms with Gasteiger partial charge in [0.25, 0.3) is 0 Å². The molecule has 0 heterocycles. The number of hydrogen-bond acceptors (Lipinski definition) is 0. The van der Waals surface area contributed by atoms with E-state index in [1.165, 1.54) is 64.2 Å². The van der Waals surface area contributed by atoms with Gasteiger partial charge in [-0.2, -0.15) is 0 Å². The van der Waals surface area contributed by atoms with Gasteiger partial charge in [0.1, 0.15) is 0 Å². The average molecular weight is 277 g/mol. The first kappa shape index (κ1) is 17.5. The first-order valence-electron chi connectivity index (χ1n) is 8.90. The van der Waals surface area contributed by atoms with E-state index in [0.29, 0.717) is 0 Å². The van der Waals surface area contributed by atoms with Crippen LogP contribution in [0.2, 0.25) is 0 Å². The van der Waals surface area contributed by atoms with Crippen molar-refractivity contribution in [3.8, 4) is 0 Å². The Kier molecular flexibility index (Phi) is 8.98. The Morgan fingerprint density at radius 3 is 1.35 bits per heavy atom. The highest BCUT2D eigenvalue weighted by Crippen LogP contribution is 2.32. The lowest BCUT2D eigenvalue weighted by Crippen LogP contribution is -2.15. The van der Waals surface area contributed by atoms with E-state index in [1.54, 1.807) is 0 Å². The molecule has 0 saturated heterocycles. The highest BCUT2D eigenvalue weighted by molar-refractivity contribution is 4.80. The van der Waals surface area contributed by atoms with Gasteiger partial charge in [-0.1, -0.05) is 64.5 Å². The summed E-state index contributed by atoms with van der Waals surface area (Å²) >= 11 is 0. The van der Waals surface area contributed by atoms with Crippen LogP contribution >= 0.6 is 0 Å². The molecule has 116 valence electrons. The zero-order chi connectivity index (χ0) is 14.8. The second-order valence-corrected chi connectivity index (χ2v) is 7.09. The molecule has 2 rings (SSSR count). The van der Waals surface area contributed by atoms with Gasteiger partial charge in [-0.3, -0.25) is 0 Å². The molecule has 0 aliphatic heterocycles. The van der Waals surface area contributed by atoms with Gasteiger partial charge in [0, 0.05) is 0 Å². The van der Waals surface area contributed by atoms with Gasteiger partial charge < -0.3 is 0 Å². The Balaban J connectivity index is 0.000000200. The molecule has 0 bridgehead atoms. The summed E-state index contributed by atoms with van der Waals surface area (Å²) in [6.45, 7) is 12.3. The summed E-state index contributed by atoms with van der Waals surface area (Å²) in [5.41, 5.74) is 0. The highest BCUT2D eigenvalue weighted by atomic mass is 14.3. The van der Waals surface area contributed by atoms with Gasteiger partial charge in [0.05, 0.1) is 0 Å². The van der Waals surface area contributed by atoms with Crippen LogP contribution in [0.5, 0.6) is 0 Å². The zero-order valence-corrected chi connectivity index (χ0v) is 13.9. The van der Waals surface area contributed by atoms with Crippen LogP contribution in [0.1, 0.15) is 78.1 Å². The second-order valence-electron chi connectivity index (χ2n) is 7.09. The fourth-order valence-corrected chi connectivity index (χ4v) is 3.91. The highest BCUT2D eigenvalue weighted by Gasteiger charge is 2.19. The molecular weight excluding hydrogens is 240 g/mol. The molecule has 0 radical (unpaired) electrons. The SMILES string of the molecule is C=CC[C@@H]1CCCC[C@@H]1C.C=CC[C@H]1CCCC[C@H]1C. The van der Waals surface area contributed by atoms with Crippen LogP contribution in [-0.2, 0) is 0 Å². The average Bonchev–Trinajstić information content (AvgIpc) is 2.45. The summed E-state index contributed by atoms with van der Waals surface area (Å²) in [6.07, 6.45) is 18.2. The molecule has 0 aromatic carbocycles. The Hall–Kier alpha value is -0.520. The third-order valence-corrected chi connectivity index (χ3v) is 5.52. The summed E-state index contributed by atoms with van der Waals surface area (Å²) in [6, 6.07) is 0. The Bertz CT molecular complexity index is 237. The lowest BCUT2D eigenvalue weighted by molar-refractivity contribution is 0.258. The molecule has 0 aromatic heterocycles. The molecule has 2 aliphatic rings. The van der Waals surface area contributed by atoms with E-state index in [1.807, 2.05) is 0 Å². The Morgan fingerprint density at radius 1 is 0.700 bits per heavy atom. The second kappa shape index (κ2) is 10.2. The van der Waals surface area contributed by atoms with E-state index in [4.69, 9.17) is 0 Å².